The first-order chi connectivity index (χ1) is 9.05. The van der Waals surface area contributed by atoms with E-state index < -0.39 is 9.84 Å². The van der Waals surface area contributed by atoms with Gasteiger partial charge in [-0.2, -0.15) is 0 Å². The van der Waals surface area contributed by atoms with E-state index in [-0.39, 0.29) is 17.8 Å². The van der Waals surface area contributed by atoms with Crippen LogP contribution in [0, 0.1) is 5.92 Å². The Hall–Kier alpha value is -1.07. The molecule has 3 atom stereocenters. The van der Waals surface area contributed by atoms with Crippen molar-refractivity contribution < 1.29 is 13.2 Å². The van der Waals surface area contributed by atoms with Crippen molar-refractivity contribution in [2.75, 3.05) is 18.1 Å². The highest BCUT2D eigenvalue weighted by molar-refractivity contribution is 7.91. The lowest BCUT2D eigenvalue weighted by atomic mass is 9.91. The van der Waals surface area contributed by atoms with Gasteiger partial charge in [0, 0.05) is 23.6 Å². The summed E-state index contributed by atoms with van der Waals surface area (Å²) in [6.07, 6.45) is 0.717. The largest absolute Gasteiger partial charge is 0.493 e. The lowest BCUT2D eigenvalue weighted by Crippen LogP contribution is -2.40. The molecule has 0 aromatic heterocycles. The molecule has 3 rings (SSSR count). The molecule has 0 radical (unpaired) electrons. The van der Waals surface area contributed by atoms with E-state index in [0.717, 1.165) is 11.3 Å². The van der Waals surface area contributed by atoms with Gasteiger partial charge in [-0.15, -0.1) is 0 Å². The van der Waals surface area contributed by atoms with E-state index in [1.165, 1.54) is 0 Å². The molecule has 2 aliphatic heterocycles. The monoisotopic (exact) mass is 281 g/mol. The molecule has 1 aromatic carbocycles. The predicted molar refractivity (Wildman–Crippen MR) is 74.0 cm³/mol. The maximum absolute atomic E-state index is 11.5. The van der Waals surface area contributed by atoms with Gasteiger partial charge in [0.15, 0.2) is 9.84 Å². The van der Waals surface area contributed by atoms with Gasteiger partial charge in [-0.1, -0.05) is 25.1 Å². The van der Waals surface area contributed by atoms with E-state index in [0.29, 0.717) is 24.7 Å². The molecular weight excluding hydrogens is 262 g/mol. The Bertz CT molecular complexity index is 570. The number of sulfone groups is 1. The first kappa shape index (κ1) is 12.9. The average molecular weight is 281 g/mol. The lowest BCUT2D eigenvalue weighted by molar-refractivity contribution is 0.182. The van der Waals surface area contributed by atoms with Crippen molar-refractivity contribution in [2.24, 2.45) is 5.92 Å². The van der Waals surface area contributed by atoms with Gasteiger partial charge < -0.3 is 10.1 Å². The van der Waals surface area contributed by atoms with Crippen molar-refractivity contribution in [3.05, 3.63) is 29.8 Å². The van der Waals surface area contributed by atoms with Crippen LogP contribution in [0.1, 0.15) is 24.9 Å². The quantitative estimate of drug-likeness (QED) is 0.893. The van der Waals surface area contributed by atoms with Crippen LogP contribution in [0.5, 0.6) is 5.75 Å². The normalized spacial score (nSPS) is 32.6. The SMILES string of the molecule is CC1COc2ccccc2C1NC1CCS(=O)(=O)C1. The van der Waals surface area contributed by atoms with E-state index in [2.05, 4.69) is 18.3 Å². The molecule has 0 bridgehead atoms. The Kier molecular flexibility index (Phi) is 3.27. The Morgan fingerprint density at radius 1 is 1.32 bits per heavy atom. The maximum atomic E-state index is 11.5. The van der Waals surface area contributed by atoms with Crippen LogP contribution in [0.4, 0.5) is 0 Å². The highest BCUT2D eigenvalue weighted by Crippen LogP contribution is 2.35. The molecule has 1 aromatic rings. The summed E-state index contributed by atoms with van der Waals surface area (Å²) in [4.78, 5) is 0. The first-order valence-corrected chi connectivity index (χ1v) is 8.55. The predicted octanol–water partition coefficient (Wildman–Crippen LogP) is 1.53. The van der Waals surface area contributed by atoms with Gasteiger partial charge in [0.2, 0.25) is 0 Å². The minimum atomic E-state index is -2.83. The number of hydrogen-bond donors (Lipinski definition) is 1. The van der Waals surface area contributed by atoms with Crippen LogP contribution in [-0.4, -0.2) is 32.6 Å². The fourth-order valence-corrected chi connectivity index (χ4v) is 4.61. The number of ether oxygens (including phenoxy) is 1. The summed E-state index contributed by atoms with van der Waals surface area (Å²) >= 11 is 0. The molecule has 2 aliphatic rings. The molecule has 0 aliphatic carbocycles. The number of para-hydroxylation sites is 1. The minimum Gasteiger partial charge on any atom is -0.493 e. The molecule has 1 saturated heterocycles. The van der Waals surface area contributed by atoms with Gasteiger partial charge in [-0.05, 0) is 12.5 Å². The van der Waals surface area contributed by atoms with Crippen molar-refractivity contribution in [2.45, 2.75) is 25.4 Å². The summed E-state index contributed by atoms with van der Waals surface area (Å²) in [6.45, 7) is 2.81. The Balaban J connectivity index is 1.81. The second-order valence-corrected chi connectivity index (χ2v) is 7.80. The van der Waals surface area contributed by atoms with E-state index in [9.17, 15) is 8.42 Å². The molecule has 0 amide bonds. The third kappa shape index (κ3) is 2.62. The van der Waals surface area contributed by atoms with Crippen molar-refractivity contribution in [3.63, 3.8) is 0 Å². The van der Waals surface area contributed by atoms with Gasteiger partial charge in [0.25, 0.3) is 0 Å². The van der Waals surface area contributed by atoms with Crippen LogP contribution < -0.4 is 10.1 Å². The number of benzene rings is 1. The summed E-state index contributed by atoms with van der Waals surface area (Å²) in [5.74, 6) is 1.83. The number of rotatable bonds is 2. The van der Waals surface area contributed by atoms with Crippen LogP contribution in [0.2, 0.25) is 0 Å². The molecule has 19 heavy (non-hydrogen) atoms. The highest BCUT2D eigenvalue weighted by atomic mass is 32.2. The third-order valence-electron chi connectivity index (χ3n) is 3.97. The molecule has 1 fully saturated rings. The first-order valence-electron chi connectivity index (χ1n) is 6.73. The van der Waals surface area contributed by atoms with E-state index in [4.69, 9.17) is 4.74 Å². The zero-order valence-corrected chi connectivity index (χ0v) is 11.8. The van der Waals surface area contributed by atoms with Crippen molar-refractivity contribution in [1.29, 1.82) is 0 Å². The van der Waals surface area contributed by atoms with Crippen LogP contribution in [0.3, 0.4) is 0 Å². The van der Waals surface area contributed by atoms with Gasteiger partial charge >= 0.3 is 0 Å². The fraction of sp³-hybridized carbons (Fsp3) is 0.571. The lowest BCUT2D eigenvalue weighted by Gasteiger charge is -2.34. The van der Waals surface area contributed by atoms with E-state index >= 15 is 0 Å². The van der Waals surface area contributed by atoms with Crippen molar-refractivity contribution in [3.8, 4) is 5.75 Å². The topological polar surface area (TPSA) is 55.4 Å². The van der Waals surface area contributed by atoms with Crippen LogP contribution in [0.25, 0.3) is 0 Å². The molecule has 4 nitrogen and oxygen atoms in total. The minimum absolute atomic E-state index is 0.0728. The molecule has 0 saturated carbocycles. The smallest absolute Gasteiger partial charge is 0.151 e. The highest BCUT2D eigenvalue weighted by Gasteiger charge is 2.34. The Labute approximate surface area is 114 Å². The number of nitrogens with one attached hydrogen (secondary N) is 1. The fourth-order valence-electron chi connectivity index (χ4n) is 2.93. The molecule has 2 heterocycles. The molecule has 104 valence electrons. The van der Waals surface area contributed by atoms with Crippen LogP contribution in [-0.2, 0) is 9.84 Å². The molecule has 3 unspecified atom stereocenters. The standard InChI is InChI=1S/C14H19NO3S/c1-10-8-18-13-5-3-2-4-12(13)14(10)15-11-6-7-19(16,17)9-11/h2-5,10-11,14-15H,6-9H2,1H3. The third-order valence-corrected chi connectivity index (χ3v) is 5.74. The van der Waals surface area contributed by atoms with Crippen molar-refractivity contribution in [1.82, 2.24) is 5.32 Å². The summed E-state index contributed by atoms with van der Waals surface area (Å²) in [6, 6.07) is 8.26. The van der Waals surface area contributed by atoms with Crippen LogP contribution in [0.15, 0.2) is 24.3 Å². The average Bonchev–Trinajstić information content (AvgIpc) is 2.72. The van der Waals surface area contributed by atoms with E-state index in [1.807, 2.05) is 18.2 Å². The van der Waals surface area contributed by atoms with Crippen LogP contribution >= 0.6 is 0 Å². The second-order valence-electron chi connectivity index (χ2n) is 5.57. The van der Waals surface area contributed by atoms with Crippen molar-refractivity contribution >= 4 is 9.84 Å². The summed E-state index contributed by atoms with van der Waals surface area (Å²) in [5.41, 5.74) is 1.14. The molecule has 5 heteroatoms. The van der Waals surface area contributed by atoms with Gasteiger partial charge in [-0.3, -0.25) is 0 Å². The van der Waals surface area contributed by atoms with Gasteiger partial charge in [-0.25, -0.2) is 8.42 Å². The molecule has 0 spiro atoms. The number of hydrogen-bond acceptors (Lipinski definition) is 4. The summed E-state index contributed by atoms with van der Waals surface area (Å²) in [5, 5.41) is 3.52. The second kappa shape index (κ2) is 4.80. The molecule has 1 N–H and O–H groups in total. The van der Waals surface area contributed by atoms with Gasteiger partial charge in [0.1, 0.15) is 5.75 Å². The Morgan fingerprint density at radius 3 is 2.84 bits per heavy atom. The summed E-state index contributed by atoms with van der Waals surface area (Å²) in [7, 11) is -2.83. The zero-order chi connectivity index (χ0) is 13.5. The molecular formula is C14H19NO3S. The Morgan fingerprint density at radius 2 is 2.11 bits per heavy atom. The number of fused-ring (bicyclic) bond motifs is 1. The maximum Gasteiger partial charge on any atom is 0.151 e. The summed E-state index contributed by atoms with van der Waals surface area (Å²) < 4.78 is 28.8. The van der Waals surface area contributed by atoms with E-state index in [1.54, 1.807) is 0 Å². The zero-order valence-electron chi connectivity index (χ0n) is 11.0. The van der Waals surface area contributed by atoms with Gasteiger partial charge in [0.05, 0.1) is 18.1 Å².